The lowest BCUT2D eigenvalue weighted by Gasteiger charge is -2.07. The van der Waals surface area contributed by atoms with Gasteiger partial charge in [0, 0.05) is 25.9 Å². The molecule has 0 rings (SSSR count). The third-order valence-corrected chi connectivity index (χ3v) is 9.76. The lowest BCUT2D eigenvalue weighted by Crippen LogP contribution is -2.24. The predicted octanol–water partition coefficient (Wildman–Crippen LogP) is 13.3. The second-order valence-corrected chi connectivity index (χ2v) is 14.5. The summed E-state index contributed by atoms with van der Waals surface area (Å²) in [4.78, 5) is 24.2. The Morgan fingerprint density at radius 3 is 0.717 bits per heavy atom. The molecule has 0 spiro atoms. The first-order chi connectivity index (χ1) is 22.7. The van der Waals surface area contributed by atoms with Crippen molar-refractivity contribution in [3.8, 4) is 0 Å². The van der Waals surface area contributed by atoms with Crippen LogP contribution in [0.1, 0.15) is 245 Å². The van der Waals surface area contributed by atoms with E-state index in [0.717, 1.165) is 51.6 Å². The van der Waals surface area contributed by atoms with E-state index in [9.17, 15) is 9.59 Å². The summed E-state index contributed by atoms with van der Waals surface area (Å²) in [6.45, 7) is 6.16. The van der Waals surface area contributed by atoms with Gasteiger partial charge in [-0.15, -0.1) is 0 Å². The first-order valence-electron chi connectivity index (χ1n) is 21.2. The highest BCUT2D eigenvalue weighted by molar-refractivity contribution is 5.76. The third-order valence-electron chi connectivity index (χ3n) is 9.76. The number of unbranched alkanes of at least 4 members (excludes halogenated alkanes) is 31. The van der Waals surface area contributed by atoms with Crippen LogP contribution in [-0.2, 0) is 9.59 Å². The maximum atomic E-state index is 12.1. The molecule has 4 heteroatoms. The molecule has 0 aromatic carbocycles. The lowest BCUT2D eigenvalue weighted by atomic mass is 10.0. The minimum atomic E-state index is 0.223. The Morgan fingerprint density at radius 2 is 0.478 bits per heavy atom. The molecule has 0 fully saturated rings. The van der Waals surface area contributed by atoms with Crippen LogP contribution in [0.2, 0.25) is 0 Å². The number of hydrogen-bond acceptors (Lipinski definition) is 2. The summed E-state index contributed by atoms with van der Waals surface area (Å²) in [7, 11) is 0. The quantitative estimate of drug-likeness (QED) is 0.0652. The van der Waals surface area contributed by atoms with Crippen molar-refractivity contribution in [1.82, 2.24) is 10.6 Å². The van der Waals surface area contributed by atoms with E-state index in [1.54, 1.807) is 0 Å². The Balaban J connectivity index is 3.24. The minimum absolute atomic E-state index is 0.223. The van der Waals surface area contributed by atoms with Gasteiger partial charge in [0.15, 0.2) is 0 Å². The van der Waals surface area contributed by atoms with Gasteiger partial charge in [0.05, 0.1) is 0 Å². The van der Waals surface area contributed by atoms with E-state index >= 15 is 0 Å². The molecule has 0 aliphatic rings. The van der Waals surface area contributed by atoms with E-state index in [-0.39, 0.29) is 11.8 Å². The molecule has 0 aromatic heterocycles. The van der Waals surface area contributed by atoms with Crippen LogP contribution in [0.5, 0.6) is 0 Å². The van der Waals surface area contributed by atoms with Gasteiger partial charge in [-0.05, 0) is 25.7 Å². The third kappa shape index (κ3) is 39.1. The van der Waals surface area contributed by atoms with Crippen molar-refractivity contribution in [3.05, 3.63) is 0 Å². The van der Waals surface area contributed by atoms with Gasteiger partial charge >= 0.3 is 0 Å². The zero-order chi connectivity index (χ0) is 33.4. The Morgan fingerprint density at radius 1 is 0.283 bits per heavy atom. The molecule has 274 valence electrons. The van der Waals surface area contributed by atoms with Crippen LogP contribution in [0.3, 0.4) is 0 Å². The molecule has 0 aliphatic heterocycles. The molecule has 0 aliphatic carbocycles. The summed E-state index contributed by atoms with van der Waals surface area (Å²) in [5, 5.41) is 6.19. The molecule has 0 radical (unpaired) electrons. The van der Waals surface area contributed by atoms with Crippen molar-refractivity contribution in [2.24, 2.45) is 0 Å². The van der Waals surface area contributed by atoms with Gasteiger partial charge in [0.2, 0.25) is 11.8 Å². The number of nitrogens with one attached hydrogen (secondary N) is 2. The molecule has 4 nitrogen and oxygen atoms in total. The Labute approximate surface area is 289 Å². The first kappa shape index (κ1) is 44.9. The van der Waals surface area contributed by atoms with Crippen molar-refractivity contribution in [3.63, 3.8) is 0 Å². The maximum Gasteiger partial charge on any atom is 0.219 e. The molecule has 0 saturated heterocycles. The molecule has 0 heterocycles. The van der Waals surface area contributed by atoms with Crippen LogP contribution < -0.4 is 10.6 Å². The van der Waals surface area contributed by atoms with Crippen LogP contribution in [0, 0.1) is 0 Å². The monoisotopic (exact) mass is 649 g/mol. The van der Waals surface area contributed by atoms with Crippen molar-refractivity contribution in [1.29, 1.82) is 0 Å². The van der Waals surface area contributed by atoms with Gasteiger partial charge < -0.3 is 10.6 Å². The van der Waals surface area contributed by atoms with Gasteiger partial charge in [0.25, 0.3) is 0 Å². The molecular weight excluding hydrogens is 564 g/mol. The van der Waals surface area contributed by atoms with Crippen LogP contribution in [-0.4, -0.2) is 24.9 Å². The second kappa shape index (κ2) is 40.1. The molecule has 0 saturated carbocycles. The van der Waals surface area contributed by atoms with Gasteiger partial charge in [-0.25, -0.2) is 0 Å². The fourth-order valence-corrected chi connectivity index (χ4v) is 6.55. The summed E-state index contributed by atoms with van der Waals surface area (Å²) in [6.07, 6.45) is 46.4. The van der Waals surface area contributed by atoms with E-state index in [0.29, 0.717) is 12.8 Å². The highest BCUT2D eigenvalue weighted by atomic mass is 16.2. The van der Waals surface area contributed by atoms with Crippen molar-refractivity contribution < 1.29 is 9.59 Å². The molecule has 0 unspecified atom stereocenters. The van der Waals surface area contributed by atoms with Gasteiger partial charge in [-0.2, -0.15) is 0 Å². The Hall–Kier alpha value is -1.06. The van der Waals surface area contributed by atoms with Crippen LogP contribution >= 0.6 is 0 Å². The molecule has 0 aromatic rings. The second-order valence-electron chi connectivity index (χ2n) is 14.5. The minimum Gasteiger partial charge on any atom is -0.356 e. The molecule has 2 amide bonds. The summed E-state index contributed by atoms with van der Waals surface area (Å²) in [5.74, 6) is 0.446. The summed E-state index contributed by atoms with van der Waals surface area (Å²) >= 11 is 0. The smallest absolute Gasteiger partial charge is 0.219 e. The van der Waals surface area contributed by atoms with Crippen molar-refractivity contribution in [2.45, 2.75) is 245 Å². The number of carbonyl (C=O) groups excluding carboxylic acids is 2. The fraction of sp³-hybridized carbons (Fsp3) is 0.952. The summed E-state index contributed by atoms with van der Waals surface area (Å²) < 4.78 is 0. The zero-order valence-electron chi connectivity index (χ0n) is 31.7. The number of rotatable bonds is 39. The average Bonchev–Trinajstić information content (AvgIpc) is 3.05. The van der Waals surface area contributed by atoms with E-state index in [1.807, 2.05) is 0 Å². The van der Waals surface area contributed by atoms with E-state index in [1.165, 1.54) is 180 Å². The van der Waals surface area contributed by atoms with Crippen LogP contribution in [0.4, 0.5) is 0 Å². The number of hydrogen-bond donors (Lipinski definition) is 2. The first-order valence-corrected chi connectivity index (χ1v) is 21.2. The highest BCUT2D eigenvalue weighted by Gasteiger charge is 2.03. The predicted molar refractivity (Wildman–Crippen MR) is 204 cm³/mol. The Bertz CT molecular complexity index is 556. The van der Waals surface area contributed by atoms with Gasteiger partial charge in [-0.3, -0.25) is 9.59 Å². The Kier molecular flexibility index (Phi) is 39.2. The number of carbonyl (C=O) groups is 2. The van der Waals surface area contributed by atoms with Crippen molar-refractivity contribution in [2.75, 3.05) is 13.1 Å². The zero-order valence-corrected chi connectivity index (χ0v) is 31.7. The number of amides is 2. The van der Waals surface area contributed by atoms with Crippen LogP contribution in [0.15, 0.2) is 0 Å². The van der Waals surface area contributed by atoms with E-state index in [4.69, 9.17) is 0 Å². The summed E-state index contributed by atoms with van der Waals surface area (Å²) in [5.41, 5.74) is 0. The topological polar surface area (TPSA) is 58.2 Å². The normalized spacial score (nSPS) is 11.3. The molecule has 2 N–H and O–H groups in total. The standard InChI is InChI=1S/C42H84N2O2/c1-3-5-7-9-11-13-15-17-19-21-23-25-27-29-33-37-41(45)43-39-35-31-32-36-40-44-42(46)38-34-30-28-26-24-22-20-18-16-14-12-10-8-6-4-2/h3-40H2,1-2H3,(H,43,45)(H,44,46). The molecule has 0 atom stereocenters. The van der Waals surface area contributed by atoms with Crippen LogP contribution in [0.25, 0.3) is 0 Å². The van der Waals surface area contributed by atoms with Gasteiger partial charge in [0.1, 0.15) is 0 Å². The molecule has 0 bridgehead atoms. The molecule has 46 heavy (non-hydrogen) atoms. The largest absolute Gasteiger partial charge is 0.356 e. The average molecular weight is 649 g/mol. The lowest BCUT2D eigenvalue weighted by molar-refractivity contribution is -0.122. The van der Waals surface area contributed by atoms with Gasteiger partial charge in [-0.1, -0.05) is 206 Å². The molecular formula is C42H84N2O2. The fourth-order valence-electron chi connectivity index (χ4n) is 6.55. The maximum absolute atomic E-state index is 12.1. The highest BCUT2D eigenvalue weighted by Crippen LogP contribution is 2.15. The SMILES string of the molecule is CCCCCCCCCCCCCCCCCC(=O)NCCCCCCNC(=O)CCCCCCCCCCCCCCCCC. The summed E-state index contributed by atoms with van der Waals surface area (Å²) in [6, 6.07) is 0. The van der Waals surface area contributed by atoms with E-state index < -0.39 is 0 Å². The van der Waals surface area contributed by atoms with E-state index in [2.05, 4.69) is 24.5 Å². The van der Waals surface area contributed by atoms with Crippen molar-refractivity contribution >= 4 is 11.8 Å².